The van der Waals surface area contributed by atoms with Crippen molar-refractivity contribution in [1.82, 2.24) is 5.32 Å². The van der Waals surface area contributed by atoms with E-state index in [1.807, 2.05) is 0 Å². The normalized spacial score (nSPS) is 13.1. The Morgan fingerprint density at radius 3 is 2.16 bits per heavy atom. The van der Waals surface area contributed by atoms with Gasteiger partial charge in [-0.1, -0.05) is 23.7 Å². The van der Waals surface area contributed by atoms with Gasteiger partial charge in [0, 0.05) is 10.7 Å². The molecule has 166 valence electrons. The summed E-state index contributed by atoms with van der Waals surface area (Å²) in [5.74, 6) is -1.54. The number of esters is 1. The Kier molecular flexibility index (Phi) is 7.87. The lowest BCUT2D eigenvalue weighted by atomic mass is 10.0. The first-order chi connectivity index (χ1) is 14.5. The van der Waals surface area contributed by atoms with Crippen LogP contribution in [-0.2, 0) is 20.5 Å². The number of urea groups is 1. The van der Waals surface area contributed by atoms with Crippen molar-refractivity contribution in [3.8, 4) is 0 Å². The van der Waals surface area contributed by atoms with Crippen LogP contribution >= 0.6 is 11.6 Å². The predicted octanol–water partition coefficient (Wildman–Crippen LogP) is 4.03. The standard InChI is InChI=1S/C20H19ClF3N3O4/c1-11(18(29)26-15-8-4-13(5-9-15)20(22,23)24)31-17(28)10-16(27-19(25)30)12-2-6-14(21)7-3-12/h2-9,11,16H,10H2,1H3,(H,26,29)(H3,25,27,30)/t11-,16-/m1/s1. The molecule has 2 atom stereocenters. The Morgan fingerprint density at radius 2 is 1.65 bits per heavy atom. The largest absolute Gasteiger partial charge is 0.452 e. The second-order valence-electron chi connectivity index (χ2n) is 6.51. The summed E-state index contributed by atoms with van der Waals surface area (Å²) in [6.07, 6.45) is -6.05. The van der Waals surface area contributed by atoms with E-state index in [1.54, 1.807) is 24.3 Å². The third-order valence-corrected chi connectivity index (χ3v) is 4.37. The summed E-state index contributed by atoms with van der Waals surface area (Å²) in [6.45, 7) is 1.30. The number of ether oxygens (including phenoxy) is 1. The van der Waals surface area contributed by atoms with Crippen molar-refractivity contribution < 1.29 is 32.3 Å². The van der Waals surface area contributed by atoms with E-state index in [2.05, 4.69) is 10.6 Å². The van der Waals surface area contributed by atoms with Crippen LogP contribution < -0.4 is 16.4 Å². The molecule has 0 aliphatic rings. The Bertz CT molecular complexity index is 934. The smallest absolute Gasteiger partial charge is 0.416 e. The predicted molar refractivity (Wildman–Crippen MR) is 107 cm³/mol. The van der Waals surface area contributed by atoms with Gasteiger partial charge in [-0.2, -0.15) is 13.2 Å². The SMILES string of the molecule is C[C@@H](OC(=O)C[C@@H](NC(N)=O)c1ccc(Cl)cc1)C(=O)Nc1ccc(C(F)(F)F)cc1. The number of hydrogen-bond acceptors (Lipinski definition) is 4. The fourth-order valence-corrected chi connectivity index (χ4v) is 2.70. The van der Waals surface area contributed by atoms with Gasteiger partial charge < -0.3 is 21.1 Å². The van der Waals surface area contributed by atoms with E-state index < -0.39 is 41.8 Å². The van der Waals surface area contributed by atoms with Gasteiger partial charge in [0.1, 0.15) is 0 Å². The minimum absolute atomic E-state index is 0.107. The minimum atomic E-state index is -4.50. The van der Waals surface area contributed by atoms with Crippen LogP contribution in [0.3, 0.4) is 0 Å². The second kappa shape index (κ2) is 10.2. The van der Waals surface area contributed by atoms with Crippen molar-refractivity contribution in [2.45, 2.75) is 31.7 Å². The van der Waals surface area contributed by atoms with Gasteiger partial charge in [-0.25, -0.2) is 4.79 Å². The first kappa shape index (κ1) is 24.0. The van der Waals surface area contributed by atoms with Crippen LogP contribution in [0, 0.1) is 0 Å². The summed E-state index contributed by atoms with van der Waals surface area (Å²) in [4.78, 5) is 35.7. The van der Waals surface area contributed by atoms with E-state index in [-0.39, 0.29) is 12.1 Å². The molecule has 2 aromatic carbocycles. The molecule has 31 heavy (non-hydrogen) atoms. The number of primary amides is 1. The number of benzene rings is 2. The van der Waals surface area contributed by atoms with Crippen LogP contribution in [0.5, 0.6) is 0 Å². The van der Waals surface area contributed by atoms with E-state index >= 15 is 0 Å². The molecule has 0 fully saturated rings. The van der Waals surface area contributed by atoms with Gasteiger partial charge in [-0.15, -0.1) is 0 Å². The molecule has 0 spiro atoms. The average molecular weight is 458 g/mol. The highest BCUT2D eigenvalue weighted by molar-refractivity contribution is 6.30. The highest BCUT2D eigenvalue weighted by Crippen LogP contribution is 2.29. The number of anilines is 1. The molecule has 4 N–H and O–H groups in total. The Morgan fingerprint density at radius 1 is 1.06 bits per heavy atom. The van der Waals surface area contributed by atoms with Gasteiger partial charge in [0.2, 0.25) is 0 Å². The van der Waals surface area contributed by atoms with E-state index in [9.17, 15) is 27.6 Å². The van der Waals surface area contributed by atoms with Crippen molar-refractivity contribution >= 4 is 35.2 Å². The molecule has 7 nitrogen and oxygen atoms in total. The number of alkyl halides is 3. The third kappa shape index (κ3) is 7.49. The zero-order valence-electron chi connectivity index (χ0n) is 16.2. The summed E-state index contributed by atoms with van der Waals surface area (Å²) in [5.41, 5.74) is 4.94. The number of halogens is 4. The highest BCUT2D eigenvalue weighted by Gasteiger charge is 2.30. The van der Waals surface area contributed by atoms with Crippen molar-refractivity contribution in [1.29, 1.82) is 0 Å². The molecule has 0 heterocycles. The molecule has 0 aliphatic carbocycles. The Balaban J connectivity index is 1.96. The van der Waals surface area contributed by atoms with Crippen LogP contribution in [0.1, 0.15) is 30.5 Å². The summed E-state index contributed by atoms with van der Waals surface area (Å²) >= 11 is 5.83. The molecule has 11 heteroatoms. The topological polar surface area (TPSA) is 111 Å². The number of carbonyl (C=O) groups excluding carboxylic acids is 3. The molecular formula is C20H19ClF3N3O4. The van der Waals surface area contributed by atoms with Crippen LogP contribution in [0.25, 0.3) is 0 Å². The second-order valence-corrected chi connectivity index (χ2v) is 6.95. The number of nitrogens with one attached hydrogen (secondary N) is 2. The van der Waals surface area contributed by atoms with E-state index in [1.165, 1.54) is 6.92 Å². The maximum Gasteiger partial charge on any atom is 0.416 e. The van der Waals surface area contributed by atoms with E-state index in [0.717, 1.165) is 24.3 Å². The van der Waals surface area contributed by atoms with Crippen LogP contribution in [0.2, 0.25) is 5.02 Å². The quantitative estimate of drug-likeness (QED) is 0.545. The molecule has 0 unspecified atom stereocenters. The van der Waals surface area contributed by atoms with Gasteiger partial charge in [0.25, 0.3) is 5.91 Å². The highest BCUT2D eigenvalue weighted by atomic mass is 35.5. The molecule has 0 aliphatic heterocycles. The van der Waals surface area contributed by atoms with E-state index in [4.69, 9.17) is 22.1 Å². The minimum Gasteiger partial charge on any atom is -0.452 e. The monoisotopic (exact) mass is 457 g/mol. The van der Waals surface area contributed by atoms with Crippen LogP contribution in [0.4, 0.5) is 23.7 Å². The van der Waals surface area contributed by atoms with Crippen molar-refractivity contribution in [3.63, 3.8) is 0 Å². The van der Waals surface area contributed by atoms with Crippen LogP contribution in [-0.4, -0.2) is 24.0 Å². The number of nitrogens with two attached hydrogens (primary N) is 1. The molecule has 2 aromatic rings. The first-order valence-electron chi connectivity index (χ1n) is 8.94. The number of amides is 3. The number of carbonyl (C=O) groups is 3. The van der Waals surface area contributed by atoms with Crippen LogP contribution in [0.15, 0.2) is 48.5 Å². The Labute approximate surface area is 180 Å². The number of hydrogen-bond donors (Lipinski definition) is 3. The fourth-order valence-electron chi connectivity index (χ4n) is 2.57. The maximum atomic E-state index is 12.6. The summed E-state index contributed by atoms with van der Waals surface area (Å²) in [6, 6.07) is 8.46. The number of rotatable bonds is 7. The molecule has 2 rings (SSSR count). The lowest BCUT2D eigenvalue weighted by molar-refractivity contribution is -0.153. The summed E-state index contributed by atoms with van der Waals surface area (Å²) < 4.78 is 42.9. The molecule has 0 saturated carbocycles. The lowest BCUT2D eigenvalue weighted by Crippen LogP contribution is -2.36. The zero-order chi connectivity index (χ0) is 23.2. The maximum absolute atomic E-state index is 12.6. The summed E-state index contributed by atoms with van der Waals surface area (Å²) in [7, 11) is 0. The molecule has 0 saturated heterocycles. The van der Waals surface area contributed by atoms with Gasteiger partial charge in [0.05, 0.1) is 18.0 Å². The lowest BCUT2D eigenvalue weighted by Gasteiger charge is -2.19. The van der Waals surface area contributed by atoms with Crippen molar-refractivity contribution in [2.75, 3.05) is 5.32 Å². The fraction of sp³-hybridized carbons (Fsp3) is 0.250. The molecule has 3 amide bonds. The first-order valence-corrected chi connectivity index (χ1v) is 9.32. The van der Waals surface area contributed by atoms with Crippen molar-refractivity contribution in [2.24, 2.45) is 5.73 Å². The molecular weight excluding hydrogens is 439 g/mol. The Hall–Kier alpha value is -3.27. The molecule has 0 bridgehead atoms. The molecule has 0 aromatic heterocycles. The van der Waals surface area contributed by atoms with Gasteiger partial charge in [-0.3, -0.25) is 9.59 Å². The van der Waals surface area contributed by atoms with E-state index in [0.29, 0.717) is 10.6 Å². The van der Waals surface area contributed by atoms with Gasteiger partial charge >= 0.3 is 18.2 Å². The summed E-state index contributed by atoms with van der Waals surface area (Å²) in [5, 5.41) is 5.23. The zero-order valence-corrected chi connectivity index (χ0v) is 17.0. The van der Waals surface area contributed by atoms with Crippen molar-refractivity contribution in [3.05, 3.63) is 64.7 Å². The molecule has 0 radical (unpaired) electrons. The van der Waals surface area contributed by atoms with Gasteiger partial charge in [-0.05, 0) is 48.9 Å². The van der Waals surface area contributed by atoms with Gasteiger partial charge in [0.15, 0.2) is 6.10 Å². The third-order valence-electron chi connectivity index (χ3n) is 4.12. The average Bonchev–Trinajstić information content (AvgIpc) is 2.67.